The minimum Gasteiger partial charge on any atom is -0.486 e. The highest BCUT2D eigenvalue weighted by Gasteiger charge is 2.27. The summed E-state index contributed by atoms with van der Waals surface area (Å²) in [7, 11) is 0. The molecule has 28 heavy (non-hydrogen) atoms. The number of amides is 1. The lowest BCUT2D eigenvalue weighted by molar-refractivity contribution is -0.124. The van der Waals surface area contributed by atoms with Gasteiger partial charge in [0.05, 0.1) is 12.6 Å². The fourth-order valence-electron chi connectivity index (χ4n) is 4.13. The number of carbonyl (C=O) groups is 1. The van der Waals surface area contributed by atoms with Crippen LogP contribution in [0.15, 0.2) is 36.5 Å². The number of nitrogens with zero attached hydrogens (tertiary/aromatic N) is 2. The molecule has 2 aromatic rings. The van der Waals surface area contributed by atoms with Crippen LogP contribution in [-0.4, -0.2) is 41.7 Å². The Bertz CT molecular complexity index is 845. The summed E-state index contributed by atoms with van der Waals surface area (Å²) >= 11 is 0. The molecule has 0 bridgehead atoms. The Morgan fingerprint density at radius 1 is 1.18 bits per heavy atom. The van der Waals surface area contributed by atoms with Crippen LogP contribution in [0.25, 0.3) is 0 Å². The summed E-state index contributed by atoms with van der Waals surface area (Å²) in [4.78, 5) is 15.1. The lowest BCUT2D eigenvalue weighted by Gasteiger charge is -2.35. The molecule has 1 aromatic heterocycles. The molecular formula is C22H29N3O3. The maximum absolute atomic E-state index is 12.9. The Balaban J connectivity index is 1.44. The SMILES string of the molecule is CC(C)[C@H](NC(=O)CN1CCn2cccc2[C@H]1C)c1ccc2c(c1)OCCO2. The van der Waals surface area contributed by atoms with Crippen LogP contribution >= 0.6 is 0 Å². The van der Waals surface area contributed by atoms with E-state index in [0.29, 0.717) is 19.8 Å². The lowest BCUT2D eigenvalue weighted by atomic mass is 9.95. The third-order valence-corrected chi connectivity index (χ3v) is 5.72. The average molecular weight is 383 g/mol. The zero-order valence-electron chi connectivity index (χ0n) is 16.9. The first kappa shape index (κ1) is 18.9. The Morgan fingerprint density at radius 2 is 1.96 bits per heavy atom. The van der Waals surface area contributed by atoms with Crippen molar-refractivity contribution in [3.63, 3.8) is 0 Å². The molecule has 0 saturated carbocycles. The highest BCUT2D eigenvalue weighted by molar-refractivity contribution is 5.78. The van der Waals surface area contributed by atoms with Crippen LogP contribution in [0.1, 0.15) is 44.1 Å². The van der Waals surface area contributed by atoms with Gasteiger partial charge >= 0.3 is 0 Å². The molecule has 1 N–H and O–H groups in total. The second-order valence-corrected chi connectivity index (χ2v) is 7.97. The molecule has 2 aliphatic rings. The number of hydrogen-bond donors (Lipinski definition) is 1. The van der Waals surface area contributed by atoms with E-state index in [1.165, 1.54) is 5.69 Å². The summed E-state index contributed by atoms with van der Waals surface area (Å²) in [6.07, 6.45) is 2.11. The van der Waals surface area contributed by atoms with Gasteiger partial charge < -0.3 is 19.4 Å². The fourth-order valence-corrected chi connectivity index (χ4v) is 4.13. The minimum absolute atomic E-state index is 0.0560. The van der Waals surface area contributed by atoms with Gasteiger partial charge in [0.15, 0.2) is 11.5 Å². The minimum atomic E-state index is -0.0627. The highest BCUT2D eigenvalue weighted by atomic mass is 16.6. The van der Waals surface area contributed by atoms with Crippen molar-refractivity contribution in [3.05, 3.63) is 47.8 Å². The summed E-state index contributed by atoms with van der Waals surface area (Å²) in [6, 6.07) is 10.3. The van der Waals surface area contributed by atoms with Crippen LogP contribution in [0.5, 0.6) is 11.5 Å². The van der Waals surface area contributed by atoms with Gasteiger partial charge in [-0.15, -0.1) is 0 Å². The maximum atomic E-state index is 12.9. The van der Waals surface area contributed by atoms with E-state index in [4.69, 9.17) is 9.47 Å². The number of hydrogen-bond acceptors (Lipinski definition) is 4. The molecule has 150 valence electrons. The van der Waals surface area contributed by atoms with E-state index in [9.17, 15) is 4.79 Å². The number of ether oxygens (including phenoxy) is 2. The van der Waals surface area contributed by atoms with Gasteiger partial charge in [-0.25, -0.2) is 0 Å². The van der Waals surface area contributed by atoms with Gasteiger partial charge in [-0.2, -0.15) is 0 Å². The van der Waals surface area contributed by atoms with Crippen molar-refractivity contribution < 1.29 is 14.3 Å². The second-order valence-electron chi connectivity index (χ2n) is 7.97. The van der Waals surface area contributed by atoms with Crippen LogP contribution in [0.2, 0.25) is 0 Å². The Morgan fingerprint density at radius 3 is 2.75 bits per heavy atom. The van der Waals surface area contributed by atoms with Gasteiger partial charge in [-0.3, -0.25) is 9.69 Å². The monoisotopic (exact) mass is 383 g/mol. The number of carbonyl (C=O) groups excluding carboxylic acids is 1. The van der Waals surface area contributed by atoms with Crippen LogP contribution in [0.4, 0.5) is 0 Å². The maximum Gasteiger partial charge on any atom is 0.234 e. The molecule has 4 rings (SSSR count). The number of aromatic nitrogens is 1. The van der Waals surface area contributed by atoms with E-state index in [2.05, 4.69) is 53.9 Å². The summed E-state index contributed by atoms with van der Waals surface area (Å²) in [5.41, 5.74) is 2.32. The van der Waals surface area contributed by atoms with E-state index >= 15 is 0 Å². The first-order valence-corrected chi connectivity index (χ1v) is 10.1. The third-order valence-electron chi connectivity index (χ3n) is 5.72. The number of rotatable bonds is 5. The fraction of sp³-hybridized carbons (Fsp3) is 0.500. The molecule has 0 spiro atoms. The van der Waals surface area contributed by atoms with Crippen molar-refractivity contribution in [2.45, 2.75) is 39.4 Å². The molecular weight excluding hydrogens is 354 g/mol. The Labute approximate surface area is 166 Å². The zero-order chi connectivity index (χ0) is 19.7. The van der Waals surface area contributed by atoms with E-state index < -0.39 is 0 Å². The van der Waals surface area contributed by atoms with Gasteiger partial charge in [0.25, 0.3) is 0 Å². The molecule has 0 saturated heterocycles. The van der Waals surface area contributed by atoms with E-state index in [-0.39, 0.29) is 23.9 Å². The van der Waals surface area contributed by atoms with Crippen molar-refractivity contribution in [1.82, 2.24) is 14.8 Å². The van der Waals surface area contributed by atoms with Crippen molar-refractivity contribution in [2.24, 2.45) is 5.92 Å². The van der Waals surface area contributed by atoms with Crippen LogP contribution in [-0.2, 0) is 11.3 Å². The van der Waals surface area contributed by atoms with Crippen molar-refractivity contribution in [1.29, 1.82) is 0 Å². The molecule has 0 radical (unpaired) electrons. The van der Waals surface area contributed by atoms with E-state index in [1.54, 1.807) is 0 Å². The topological polar surface area (TPSA) is 55.7 Å². The molecule has 6 nitrogen and oxygen atoms in total. The summed E-state index contributed by atoms with van der Waals surface area (Å²) in [6.45, 7) is 9.76. The molecule has 0 aliphatic carbocycles. The zero-order valence-corrected chi connectivity index (χ0v) is 16.9. The first-order chi connectivity index (χ1) is 13.5. The number of fused-ring (bicyclic) bond motifs is 2. The van der Waals surface area contributed by atoms with Crippen LogP contribution < -0.4 is 14.8 Å². The molecule has 3 heterocycles. The average Bonchev–Trinajstić information content (AvgIpc) is 3.17. The highest BCUT2D eigenvalue weighted by Crippen LogP contribution is 2.34. The van der Waals surface area contributed by atoms with Crippen LogP contribution in [0.3, 0.4) is 0 Å². The number of benzene rings is 1. The normalized spacial score (nSPS) is 19.9. The largest absolute Gasteiger partial charge is 0.486 e. The first-order valence-electron chi connectivity index (χ1n) is 10.1. The van der Waals surface area contributed by atoms with Gasteiger partial charge in [0.2, 0.25) is 5.91 Å². The third kappa shape index (κ3) is 3.74. The predicted octanol–water partition coefficient (Wildman–Crippen LogP) is 3.15. The Kier molecular flexibility index (Phi) is 5.31. The molecule has 0 unspecified atom stereocenters. The molecule has 0 fully saturated rings. The molecule has 2 aliphatic heterocycles. The van der Waals surface area contributed by atoms with Crippen molar-refractivity contribution in [3.8, 4) is 11.5 Å². The van der Waals surface area contributed by atoms with Gasteiger partial charge in [-0.05, 0) is 42.7 Å². The molecule has 2 atom stereocenters. The molecule has 1 amide bonds. The van der Waals surface area contributed by atoms with E-state index in [0.717, 1.165) is 30.2 Å². The van der Waals surface area contributed by atoms with Gasteiger partial charge in [0, 0.05) is 31.0 Å². The second kappa shape index (κ2) is 7.87. The van der Waals surface area contributed by atoms with E-state index in [1.807, 2.05) is 18.2 Å². The van der Waals surface area contributed by atoms with Gasteiger partial charge in [-0.1, -0.05) is 19.9 Å². The summed E-state index contributed by atoms with van der Waals surface area (Å²) in [5, 5.41) is 3.24. The van der Waals surface area contributed by atoms with Crippen LogP contribution in [0, 0.1) is 5.92 Å². The standard InChI is InChI=1S/C22H29N3O3/c1-15(2)22(17-6-7-19-20(13-17)28-12-11-27-19)23-21(26)14-25-10-9-24-8-4-5-18(24)16(25)3/h4-8,13,15-16,22H,9-12,14H2,1-3H3,(H,23,26)/t16-,22+/m1/s1. The smallest absolute Gasteiger partial charge is 0.234 e. The summed E-state index contributed by atoms with van der Waals surface area (Å²) < 4.78 is 13.6. The van der Waals surface area contributed by atoms with Crippen molar-refractivity contribution in [2.75, 3.05) is 26.3 Å². The number of nitrogens with one attached hydrogen (secondary N) is 1. The molecule has 1 aromatic carbocycles. The van der Waals surface area contributed by atoms with Crippen molar-refractivity contribution >= 4 is 5.91 Å². The lowest BCUT2D eigenvalue weighted by Crippen LogP contribution is -2.44. The molecule has 6 heteroatoms. The Hall–Kier alpha value is -2.47. The van der Waals surface area contributed by atoms with Gasteiger partial charge in [0.1, 0.15) is 13.2 Å². The summed E-state index contributed by atoms with van der Waals surface area (Å²) in [5.74, 6) is 1.85. The quantitative estimate of drug-likeness (QED) is 0.862. The predicted molar refractivity (Wildman–Crippen MR) is 108 cm³/mol.